The van der Waals surface area contributed by atoms with Crippen molar-refractivity contribution >= 4 is 44.2 Å². The van der Waals surface area contributed by atoms with Crippen LogP contribution in [0.25, 0.3) is 10.9 Å². The first-order valence-electron chi connectivity index (χ1n) is 9.92. The third kappa shape index (κ3) is 3.30. The third-order valence-corrected chi connectivity index (χ3v) is 6.58. The number of nitrogens with zero attached hydrogens (tertiary/aromatic N) is 2. The molecule has 1 unspecified atom stereocenters. The van der Waals surface area contributed by atoms with Crippen molar-refractivity contribution < 1.29 is 14.3 Å². The van der Waals surface area contributed by atoms with Crippen LogP contribution in [0.2, 0.25) is 0 Å². The Morgan fingerprint density at radius 3 is 2.76 bits per heavy atom. The van der Waals surface area contributed by atoms with Crippen molar-refractivity contribution in [3.63, 3.8) is 0 Å². The Bertz CT molecular complexity index is 1050. The first-order valence-corrected chi connectivity index (χ1v) is 10.7. The van der Waals surface area contributed by atoms with Crippen molar-refractivity contribution in [2.24, 2.45) is 0 Å². The summed E-state index contributed by atoms with van der Waals surface area (Å²) < 4.78 is 17.7. The van der Waals surface area contributed by atoms with Crippen molar-refractivity contribution in [3.8, 4) is 0 Å². The van der Waals surface area contributed by atoms with Gasteiger partial charge in [0.2, 0.25) is 5.43 Å². The summed E-state index contributed by atoms with van der Waals surface area (Å²) in [6.07, 6.45) is 5.00. The molecule has 2 heterocycles. The fraction of sp³-hybridized carbons (Fsp3) is 0.500. The normalized spacial score (nSPS) is 19.3. The van der Waals surface area contributed by atoms with Gasteiger partial charge >= 0.3 is 5.97 Å². The monoisotopic (exact) mass is 466 g/mol. The summed E-state index contributed by atoms with van der Waals surface area (Å²) in [5.74, 6) is -2.01. The Morgan fingerprint density at radius 2 is 2.14 bits per heavy atom. The molecule has 0 amide bonds. The molecule has 1 aromatic heterocycles. The molecule has 1 aliphatic heterocycles. The van der Waals surface area contributed by atoms with Gasteiger partial charge in [-0.05, 0) is 48.2 Å². The number of fused-ring (bicyclic) bond motifs is 1. The van der Waals surface area contributed by atoms with Gasteiger partial charge in [-0.25, -0.2) is 9.18 Å². The lowest BCUT2D eigenvalue weighted by Crippen LogP contribution is -2.39. The van der Waals surface area contributed by atoms with Crippen molar-refractivity contribution in [3.05, 3.63) is 32.3 Å². The largest absolute Gasteiger partial charge is 0.477 e. The number of carboxylic acid groups (broad SMARTS) is 1. The van der Waals surface area contributed by atoms with E-state index in [4.69, 9.17) is 5.73 Å². The first kappa shape index (κ1) is 20.2. The highest BCUT2D eigenvalue weighted by Crippen LogP contribution is 2.45. The number of nitrogens with one attached hydrogen (secondary N) is 1. The van der Waals surface area contributed by atoms with Gasteiger partial charge in [-0.15, -0.1) is 0 Å². The van der Waals surface area contributed by atoms with Crippen LogP contribution in [0.3, 0.4) is 0 Å². The predicted octanol–water partition coefficient (Wildman–Crippen LogP) is 3.10. The molecule has 2 fully saturated rings. The van der Waals surface area contributed by atoms with Gasteiger partial charge in [-0.1, -0.05) is 6.92 Å². The molecule has 7 nitrogen and oxygen atoms in total. The topological polar surface area (TPSA) is 101 Å². The Kier molecular flexibility index (Phi) is 5.29. The second-order valence-corrected chi connectivity index (χ2v) is 8.52. The molecule has 156 valence electrons. The minimum Gasteiger partial charge on any atom is -0.477 e. The van der Waals surface area contributed by atoms with Crippen LogP contribution in [0.5, 0.6) is 0 Å². The summed E-state index contributed by atoms with van der Waals surface area (Å²) in [7, 11) is 0. The molecule has 1 aromatic carbocycles. The number of hydrogen-bond acceptors (Lipinski definition) is 5. The molecule has 1 saturated carbocycles. The lowest BCUT2D eigenvalue weighted by molar-refractivity contribution is 0.0695. The quantitative estimate of drug-likeness (QED) is 0.565. The summed E-state index contributed by atoms with van der Waals surface area (Å²) in [6.45, 7) is 4.27. The number of likely N-dealkylation sites (N-methyl/N-ethyl adjacent to an activating group) is 1. The van der Waals surface area contributed by atoms with E-state index in [2.05, 4.69) is 21.2 Å². The van der Waals surface area contributed by atoms with Gasteiger partial charge in [0.05, 0.1) is 26.8 Å². The lowest BCUT2D eigenvalue weighted by Gasteiger charge is -2.30. The van der Waals surface area contributed by atoms with Gasteiger partial charge in [0.15, 0.2) is 5.82 Å². The number of hydrogen-bond donors (Lipinski definition) is 3. The molecule has 2 aliphatic rings. The summed E-state index contributed by atoms with van der Waals surface area (Å²) in [4.78, 5) is 26.4. The molecule has 29 heavy (non-hydrogen) atoms. The maximum Gasteiger partial charge on any atom is 0.341 e. The number of nitrogen functional groups attached to an aromatic ring is 1. The van der Waals surface area contributed by atoms with Crippen LogP contribution in [0.4, 0.5) is 15.8 Å². The highest BCUT2D eigenvalue weighted by molar-refractivity contribution is 9.10. The molecule has 9 heteroatoms. The zero-order valence-corrected chi connectivity index (χ0v) is 17.8. The maximum absolute atomic E-state index is 15.5. The van der Waals surface area contributed by atoms with E-state index < -0.39 is 17.2 Å². The molecule has 2 aromatic rings. The van der Waals surface area contributed by atoms with Crippen LogP contribution < -0.4 is 21.4 Å². The Morgan fingerprint density at radius 1 is 1.41 bits per heavy atom. The van der Waals surface area contributed by atoms with Crippen molar-refractivity contribution in [1.82, 2.24) is 9.88 Å². The van der Waals surface area contributed by atoms with Crippen LogP contribution in [-0.4, -0.2) is 41.3 Å². The smallest absolute Gasteiger partial charge is 0.341 e. The zero-order chi connectivity index (χ0) is 20.9. The number of anilines is 2. The van der Waals surface area contributed by atoms with Crippen LogP contribution in [-0.2, 0) is 0 Å². The van der Waals surface area contributed by atoms with Crippen LogP contribution in [0.1, 0.15) is 49.0 Å². The number of aromatic nitrogens is 1. The Labute approximate surface area is 175 Å². The number of aromatic carboxylic acids is 1. The summed E-state index contributed by atoms with van der Waals surface area (Å²) in [5, 5.41) is 12.7. The standard InChI is InChI=1S/C20H24BrFN4O3/c1-2-24-8-11-4-3-7-25(11)18-14(21)17-13(16(23)15(18)22)19(27)12(20(28)29)9-26(17)10-5-6-10/h9-11,24H,2-8,23H2,1H3,(H,28,29). The molecule has 4 rings (SSSR count). The number of halogens is 2. The summed E-state index contributed by atoms with van der Waals surface area (Å²) in [6, 6.07) is 0.207. The van der Waals surface area contributed by atoms with Gasteiger partial charge in [0, 0.05) is 31.4 Å². The van der Waals surface area contributed by atoms with E-state index in [1.54, 1.807) is 4.57 Å². The van der Waals surface area contributed by atoms with E-state index in [9.17, 15) is 14.7 Å². The number of carboxylic acids is 1. The number of pyridine rings is 1. The van der Waals surface area contributed by atoms with E-state index >= 15 is 4.39 Å². The van der Waals surface area contributed by atoms with E-state index in [0.717, 1.165) is 38.8 Å². The van der Waals surface area contributed by atoms with E-state index in [-0.39, 0.29) is 28.7 Å². The average Bonchev–Trinajstić information content (AvgIpc) is 3.43. The number of benzene rings is 1. The van der Waals surface area contributed by atoms with Gasteiger partial charge in [0.25, 0.3) is 0 Å². The minimum absolute atomic E-state index is 0.0626. The van der Waals surface area contributed by atoms with Gasteiger partial charge in [-0.2, -0.15) is 0 Å². The van der Waals surface area contributed by atoms with Crippen LogP contribution >= 0.6 is 15.9 Å². The Hall–Kier alpha value is -2.13. The molecular weight excluding hydrogens is 443 g/mol. The SMILES string of the molecule is CCNCC1CCCN1c1c(F)c(N)c2c(=O)c(C(=O)O)cn(C3CC3)c2c1Br. The molecule has 1 aliphatic carbocycles. The molecule has 1 saturated heterocycles. The second-order valence-electron chi connectivity index (χ2n) is 7.73. The number of rotatable bonds is 6. The maximum atomic E-state index is 15.5. The fourth-order valence-electron chi connectivity index (χ4n) is 4.25. The van der Waals surface area contributed by atoms with Crippen molar-refractivity contribution in [2.45, 2.75) is 44.7 Å². The zero-order valence-electron chi connectivity index (χ0n) is 16.2. The highest BCUT2D eigenvalue weighted by Gasteiger charge is 2.34. The van der Waals surface area contributed by atoms with Crippen LogP contribution in [0.15, 0.2) is 15.5 Å². The van der Waals surface area contributed by atoms with E-state index in [0.29, 0.717) is 22.2 Å². The molecule has 0 spiro atoms. The van der Waals surface area contributed by atoms with Crippen molar-refractivity contribution in [2.75, 3.05) is 30.3 Å². The third-order valence-electron chi connectivity index (χ3n) is 5.83. The van der Waals surface area contributed by atoms with Gasteiger partial charge < -0.3 is 25.6 Å². The Balaban J connectivity index is 1.99. The average molecular weight is 467 g/mol. The highest BCUT2D eigenvalue weighted by atomic mass is 79.9. The van der Waals surface area contributed by atoms with Crippen LogP contribution in [0, 0.1) is 5.82 Å². The van der Waals surface area contributed by atoms with Crippen molar-refractivity contribution in [1.29, 1.82) is 0 Å². The predicted molar refractivity (Wildman–Crippen MR) is 114 cm³/mol. The van der Waals surface area contributed by atoms with E-state index in [1.807, 2.05) is 11.8 Å². The second kappa shape index (κ2) is 7.60. The summed E-state index contributed by atoms with van der Waals surface area (Å²) in [5.41, 5.74) is 5.53. The van der Waals surface area contributed by atoms with Gasteiger partial charge in [0.1, 0.15) is 5.56 Å². The summed E-state index contributed by atoms with van der Waals surface area (Å²) >= 11 is 3.55. The van der Waals surface area contributed by atoms with E-state index in [1.165, 1.54) is 6.20 Å². The lowest BCUT2D eigenvalue weighted by atomic mass is 10.1. The fourth-order valence-corrected chi connectivity index (χ4v) is 5.06. The molecule has 1 atom stereocenters. The molecule has 0 bridgehead atoms. The molecular formula is C20H24BrFN4O3. The molecule has 4 N–H and O–H groups in total. The molecule has 0 radical (unpaired) electrons. The minimum atomic E-state index is -1.34. The van der Waals surface area contributed by atoms with Gasteiger partial charge in [-0.3, -0.25) is 4.79 Å². The number of carbonyl (C=O) groups is 1. The first-order chi connectivity index (χ1) is 13.9. The number of nitrogens with two attached hydrogens (primary N) is 1.